The monoisotopic (exact) mass is 486 g/mol. The molecule has 0 spiro atoms. The van der Waals surface area contributed by atoms with Crippen LogP contribution in [0.2, 0.25) is 0 Å². The van der Waals surface area contributed by atoms with Gasteiger partial charge in [-0.3, -0.25) is 10.1 Å². The van der Waals surface area contributed by atoms with Crippen LogP contribution in [-0.2, 0) is 21.2 Å². The summed E-state index contributed by atoms with van der Waals surface area (Å²) in [4.78, 5) is 14.2. The standard InChI is InChI=1S/C23H26N4O4S2/c1-16-5-11-20(12-6-16)33(29,30)27-13-3-4-18(15-27)22(28)24-23-26-25-21(31-23)14-17-7-9-19(32-2)10-8-17/h5-12,18H,3-4,13-15H2,1-2H3,(H,24,26,28). The average Bonchev–Trinajstić information content (AvgIpc) is 3.26. The molecule has 1 aliphatic rings. The number of nitrogens with zero attached hydrogens (tertiary/aromatic N) is 3. The minimum Gasteiger partial charge on any atom is -0.407 e. The molecular weight excluding hydrogens is 460 g/mol. The van der Waals surface area contributed by atoms with Crippen LogP contribution >= 0.6 is 11.8 Å². The van der Waals surface area contributed by atoms with Crippen LogP contribution in [0.1, 0.15) is 29.9 Å². The third-order valence-corrected chi connectivity index (χ3v) is 8.25. The number of sulfonamides is 1. The van der Waals surface area contributed by atoms with Gasteiger partial charge in [0, 0.05) is 18.0 Å². The lowest BCUT2D eigenvalue weighted by Crippen LogP contribution is -2.43. The van der Waals surface area contributed by atoms with Crippen LogP contribution in [-0.4, -0.2) is 48.2 Å². The van der Waals surface area contributed by atoms with E-state index in [-0.39, 0.29) is 23.4 Å². The number of aryl methyl sites for hydroxylation is 1. The number of carbonyl (C=O) groups is 1. The molecule has 1 unspecified atom stereocenters. The van der Waals surface area contributed by atoms with E-state index in [4.69, 9.17) is 4.42 Å². The highest BCUT2D eigenvalue weighted by Gasteiger charge is 2.33. The molecule has 0 radical (unpaired) electrons. The molecular formula is C23H26N4O4S2. The van der Waals surface area contributed by atoms with Crippen LogP contribution in [0.25, 0.3) is 0 Å². The fourth-order valence-electron chi connectivity index (χ4n) is 3.74. The van der Waals surface area contributed by atoms with Crippen molar-refractivity contribution < 1.29 is 17.6 Å². The molecule has 0 aliphatic carbocycles. The van der Waals surface area contributed by atoms with Gasteiger partial charge in [0.25, 0.3) is 0 Å². The molecule has 0 bridgehead atoms. The highest BCUT2D eigenvalue weighted by Crippen LogP contribution is 2.25. The normalized spacial score (nSPS) is 17.1. The molecule has 1 aromatic heterocycles. The van der Waals surface area contributed by atoms with Gasteiger partial charge in [0.05, 0.1) is 17.2 Å². The molecule has 1 aliphatic heterocycles. The lowest BCUT2D eigenvalue weighted by Gasteiger charge is -2.30. The van der Waals surface area contributed by atoms with E-state index in [2.05, 4.69) is 15.5 Å². The summed E-state index contributed by atoms with van der Waals surface area (Å²) in [5, 5.41) is 10.6. The zero-order valence-electron chi connectivity index (χ0n) is 18.5. The van der Waals surface area contributed by atoms with Gasteiger partial charge in [0.2, 0.25) is 21.8 Å². The van der Waals surface area contributed by atoms with Gasteiger partial charge in [-0.05, 0) is 55.9 Å². The lowest BCUT2D eigenvalue weighted by molar-refractivity contribution is -0.121. The summed E-state index contributed by atoms with van der Waals surface area (Å²) in [6.07, 6.45) is 3.67. The van der Waals surface area contributed by atoms with Gasteiger partial charge in [0.15, 0.2) is 0 Å². The number of carbonyl (C=O) groups excluding carboxylic acids is 1. The first-order valence-corrected chi connectivity index (χ1v) is 13.3. The van der Waals surface area contributed by atoms with E-state index >= 15 is 0 Å². The van der Waals surface area contributed by atoms with Gasteiger partial charge in [-0.2, -0.15) is 4.31 Å². The van der Waals surface area contributed by atoms with Crippen molar-refractivity contribution in [2.24, 2.45) is 5.92 Å². The van der Waals surface area contributed by atoms with Gasteiger partial charge in [-0.15, -0.1) is 16.9 Å². The first-order chi connectivity index (χ1) is 15.8. The zero-order valence-corrected chi connectivity index (χ0v) is 20.2. The largest absolute Gasteiger partial charge is 0.407 e. The van der Waals surface area contributed by atoms with Crippen molar-refractivity contribution >= 4 is 33.7 Å². The minimum atomic E-state index is -3.65. The van der Waals surface area contributed by atoms with Gasteiger partial charge >= 0.3 is 6.01 Å². The summed E-state index contributed by atoms with van der Waals surface area (Å²) in [5.41, 5.74) is 2.01. The molecule has 1 saturated heterocycles. The Morgan fingerprint density at radius 2 is 1.88 bits per heavy atom. The van der Waals surface area contributed by atoms with E-state index in [0.29, 0.717) is 31.7 Å². The zero-order chi connectivity index (χ0) is 23.4. The van der Waals surface area contributed by atoms with Crippen LogP contribution in [0, 0.1) is 12.8 Å². The molecule has 1 N–H and O–H groups in total. The molecule has 2 aromatic carbocycles. The highest BCUT2D eigenvalue weighted by atomic mass is 32.2. The van der Waals surface area contributed by atoms with Crippen LogP contribution in [0.4, 0.5) is 6.01 Å². The lowest BCUT2D eigenvalue weighted by atomic mass is 9.99. The second-order valence-corrected chi connectivity index (χ2v) is 10.8. The Bertz CT molecular complexity index is 1210. The van der Waals surface area contributed by atoms with E-state index < -0.39 is 15.9 Å². The van der Waals surface area contributed by atoms with Crippen LogP contribution in [0.15, 0.2) is 62.7 Å². The number of benzene rings is 2. The number of aromatic nitrogens is 2. The Morgan fingerprint density at radius 1 is 1.15 bits per heavy atom. The van der Waals surface area contributed by atoms with Crippen molar-refractivity contribution in [1.82, 2.24) is 14.5 Å². The number of rotatable bonds is 7. The van der Waals surface area contributed by atoms with E-state index in [1.165, 1.54) is 9.20 Å². The number of anilines is 1. The topological polar surface area (TPSA) is 105 Å². The predicted molar refractivity (Wildman–Crippen MR) is 127 cm³/mol. The molecule has 174 valence electrons. The summed E-state index contributed by atoms with van der Waals surface area (Å²) in [5.74, 6) is -0.416. The van der Waals surface area contributed by atoms with Crippen molar-refractivity contribution in [1.29, 1.82) is 0 Å². The maximum absolute atomic E-state index is 13.0. The molecule has 1 amide bonds. The highest BCUT2D eigenvalue weighted by molar-refractivity contribution is 7.98. The minimum absolute atomic E-state index is 0.0225. The second kappa shape index (κ2) is 10.1. The maximum atomic E-state index is 13.0. The molecule has 1 fully saturated rings. The van der Waals surface area contributed by atoms with E-state index in [0.717, 1.165) is 11.1 Å². The SMILES string of the molecule is CSc1ccc(Cc2nnc(NC(=O)C3CCCN(S(=O)(=O)c4ccc(C)cc4)C3)o2)cc1. The smallest absolute Gasteiger partial charge is 0.322 e. The quantitative estimate of drug-likeness (QED) is 0.507. The molecule has 3 aromatic rings. The Labute approximate surface area is 197 Å². The molecule has 0 saturated carbocycles. The predicted octanol–water partition coefficient (Wildman–Crippen LogP) is 3.73. The molecule has 33 heavy (non-hydrogen) atoms. The van der Waals surface area contributed by atoms with Gasteiger partial charge in [0.1, 0.15) is 0 Å². The summed E-state index contributed by atoms with van der Waals surface area (Å²) in [7, 11) is -3.65. The summed E-state index contributed by atoms with van der Waals surface area (Å²) >= 11 is 1.67. The van der Waals surface area contributed by atoms with E-state index in [1.54, 1.807) is 36.0 Å². The fourth-order valence-corrected chi connectivity index (χ4v) is 5.67. The Hall–Kier alpha value is -2.69. The molecule has 8 nitrogen and oxygen atoms in total. The third kappa shape index (κ3) is 5.63. The van der Waals surface area contributed by atoms with Crippen molar-refractivity contribution in [3.05, 3.63) is 65.5 Å². The van der Waals surface area contributed by atoms with Crippen LogP contribution < -0.4 is 5.32 Å². The summed E-state index contributed by atoms with van der Waals surface area (Å²) < 4.78 is 33.0. The van der Waals surface area contributed by atoms with Crippen molar-refractivity contribution in [3.8, 4) is 0 Å². The molecule has 1 atom stereocenters. The first-order valence-electron chi connectivity index (χ1n) is 10.7. The molecule has 4 rings (SSSR count). The van der Waals surface area contributed by atoms with Crippen LogP contribution in [0.5, 0.6) is 0 Å². The van der Waals surface area contributed by atoms with E-state index in [9.17, 15) is 13.2 Å². The van der Waals surface area contributed by atoms with Crippen molar-refractivity contribution in [2.75, 3.05) is 24.7 Å². The Morgan fingerprint density at radius 3 is 2.58 bits per heavy atom. The van der Waals surface area contributed by atoms with Gasteiger partial charge in [-0.25, -0.2) is 8.42 Å². The summed E-state index contributed by atoms with van der Waals surface area (Å²) in [6, 6.07) is 14.8. The average molecular weight is 487 g/mol. The van der Waals surface area contributed by atoms with Gasteiger partial charge in [-0.1, -0.05) is 34.9 Å². The Balaban J connectivity index is 1.38. The summed E-state index contributed by atoms with van der Waals surface area (Å²) in [6.45, 7) is 2.41. The van der Waals surface area contributed by atoms with Gasteiger partial charge < -0.3 is 4.42 Å². The fraction of sp³-hybridized carbons (Fsp3) is 0.348. The Kier molecular flexibility index (Phi) is 7.16. The third-order valence-electron chi connectivity index (χ3n) is 5.63. The number of piperidine rings is 1. The number of amides is 1. The molecule has 2 heterocycles. The number of thioether (sulfide) groups is 1. The number of hydrogen-bond donors (Lipinski definition) is 1. The second-order valence-electron chi connectivity index (χ2n) is 8.03. The van der Waals surface area contributed by atoms with Crippen molar-refractivity contribution in [3.63, 3.8) is 0 Å². The first kappa shape index (κ1) is 23.5. The maximum Gasteiger partial charge on any atom is 0.322 e. The van der Waals surface area contributed by atoms with Crippen LogP contribution in [0.3, 0.4) is 0 Å². The van der Waals surface area contributed by atoms with E-state index in [1.807, 2.05) is 37.4 Å². The number of hydrogen-bond acceptors (Lipinski definition) is 7. The van der Waals surface area contributed by atoms with Crippen molar-refractivity contribution in [2.45, 2.75) is 36.0 Å². The number of nitrogens with one attached hydrogen (secondary N) is 1. The molecule has 10 heteroatoms.